The van der Waals surface area contributed by atoms with Crippen molar-refractivity contribution >= 4 is 36.4 Å². The Kier molecular flexibility index (Phi) is 8.78. The highest BCUT2D eigenvalue weighted by atomic mass is 35.5. The molecule has 1 fully saturated rings. The molecule has 126 valence electrons. The van der Waals surface area contributed by atoms with Gasteiger partial charge < -0.3 is 20.7 Å². The lowest BCUT2D eigenvalue weighted by molar-refractivity contribution is -0.123. The molecule has 7 heteroatoms. The largest absolute Gasteiger partial charge is 0.492 e. The second-order valence-electron chi connectivity index (χ2n) is 5.64. The molecule has 0 bridgehead atoms. The topological polar surface area (TPSA) is 67.6 Å². The van der Waals surface area contributed by atoms with E-state index in [4.69, 9.17) is 10.5 Å². The molecular weight excluding hydrogens is 325 g/mol. The summed E-state index contributed by atoms with van der Waals surface area (Å²) >= 11 is 0. The first-order valence-corrected chi connectivity index (χ1v) is 6.97. The summed E-state index contributed by atoms with van der Waals surface area (Å²) in [6.07, 6.45) is 2.57. The number of ether oxygens (including phenoxy) is 1. The number of nitrogens with two attached hydrogens (primary N) is 1. The van der Waals surface area contributed by atoms with Gasteiger partial charge in [0.25, 0.3) is 0 Å². The minimum absolute atomic E-state index is 0. The molecule has 1 amide bonds. The molecule has 0 unspecified atom stereocenters. The van der Waals surface area contributed by atoms with Gasteiger partial charge in [-0.25, -0.2) is 0 Å². The number of carbonyl (C=O) groups excluding carboxylic acids is 1. The monoisotopic (exact) mass is 349 g/mol. The lowest BCUT2D eigenvalue weighted by Gasteiger charge is -2.36. The smallest absolute Gasteiger partial charge is 0.244 e. The van der Waals surface area contributed by atoms with Crippen molar-refractivity contribution in [1.82, 2.24) is 4.90 Å². The highest BCUT2D eigenvalue weighted by Crippen LogP contribution is 2.30. The average molecular weight is 350 g/mol. The summed E-state index contributed by atoms with van der Waals surface area (Å²) in [5.74, 6) is 0.709. The van der Waals surface area contributed by atoms with Crippen molar-refractivity contribution in [2.75, 3.05) is 32.6 Å². The van der Waals surface area contributed by atoms with Gasteiger partial charge in [-0.2, -0.15) is 0 Å². The molecule has 0 saturated heterocycles. The van der Waals surface area contributed by atoms with Crippen molar-refractivity contribution in [3.8, 4) is 5.75 Å². The minimum atomic E-state index is -0.666. The van der Waals surface area contributed by atoms with Gasteiger partial charge in [-0.15, -0.1) is 24.8 Å². The maximum Gasteiger partial charge on any atom is 0.244 e. The van der Waals surface area contributed by atoms with Crippen molar-refractivity contribution in [3.05, 3.63) is 24.3 Å². The zero-order valence-corrected chi connectivity index (χ0v) is 14.6. The summed E-state index contributed by atoms with van der Waals surface area (Å²) < 4.78 is 5.60. The molecule has 0 radical (unpaired) electrons. The predicted molar refractivity (Wildman–Crippen MR) is 94.4 cm³/mol. The van der Waals surface area contributed by atoms with E-state index in [9.17, 15) is 4.79 Å². The number of nitrogens with zero attached hydrogens (tertiary/aromatic N) is 1. The summed E-state index contributed by atoms with van der Waals surface area (Å²) in [4.78, 5) is 14.0. The number of hydrogen-bond donors (Lipinski definition) is 2. The second kappa shape index (κ2) is 9.20. The van der Waals surface area contributed by atoms with Gasteiger partial charge in [-0.1, -0.05) is 0 Å². The van der Waals surface area contributed by atoms with Crippen molar-refractivity contribution in [2.45, 2.75) is 24.8 Å². The summed E-state index contributed by atoms with van der Waals surface area (Å²) in [5.41, 5.74) is 6.07. The summed E-state index contributed by atoms with van der Waals surface area (Å²) in [5, 5.41) is 2.86. The standard InChI is InChI=1S/C15H23N3O2.2ClH/c1-18(2)10-11-20-13-6-4-12(5-7-13)17-14(19)15(16)8-3-9-15;;/h4-7H,3,8-11,16H2,1-2H3,(H,17,19);2*1H. The minimum Gasteiger partial charge on any atom is -0.492 e. The van der Waals surface area contributed by atoms with E-state index in [2.05, 4.69) is 10.2 Å². The van der Waals surface area contributed by atoms with Crippen LogP contribution in [0.3, 0.4) is 0 Å². The number of benzene rings is 1. The summed E-state index contributed by atoms with van der Waals surface area (Å²) in [6.45, 7) is 1.51. The summed E-state index contributed by atoms with van der Waals surface area (Å²) in [6, 6.07) is 7.39. The fourth-order valence-electron chi connectivity index (χ4n) is 2.02. The third-order valence-electron chi connectivity index (χ3n) is 3.62. The normalized spacial score (nSPS) is 15.1. The maximum absolute atomic E-state index is 12.0. The zero-order chi connectivity index (χ0) is 14.6. The molecule has 0 aliphatic heterocycles. The molecule has 0 atom stereocenters. The fraction of sp³-hybridized carbons (Fsp3) is 0.533. The van der Waals surface area contributed by atoms with E-state index >= 15 is 0 Å². The molecule has 0 aromatic heterocycles. The zero-order valence-electron chi connectivity index (χ0n) is 13.0. The second-order valence-corrected chi connectivity index (χ2v) is 5.64. The van der Waals surface area contributed by atoms with Crippen LogP contribution >= 0.6 is 24.8 Å². The Bertz CT molecular complexity index is 462. The molecule has 5 nitrogen and oxygen atoms in total. The van der Waals surface area contributed by atoms with Crippen LogP contribution in [0.1, 0.15) is 19.3 Å². The molecule has 0 heterocycles. The highest BCUT2D eigenvalue weighted by Gasteiger charge is 2.40. The first-order chi connectivity index (χ1) is 9.49. The quantitative estimate of drug-likeness (QED) is 0.826. The Hall–Kier alpha value is -1.01. The Morgan fingerprint density at radius 3 is 2.32 bits per heavy atom. The molecular formula is C15H25Cl2N3O2. The molecule has 22 heavy (non-hydrogen) atoms. The van der Waals surface area contributed by atoms with Crippen LogP contribution in [0.25, 0.3) is 0 Å². The molecule has 2 rings (SSSR count). The Morgan fingerprint density at radius 1 is 1.27 bits per heavy atom. The van der Waals surface area contributed by atoms with Crippen molar-refractivity contribution in [1.29, 1.82) is 0 Å². The SMILES string of the molecule is CN(C)CCOc1ccc(NC(=O)C2(N)CCC2)cc1.Cl.Cl. The number of hydrogen-bond acceptors (Lipinski definition) is 4. The van der Waals surface area contributed by atoms with Crippen molar-refractivity contribution in [2.24, 2.45) is 5.73 Å². The van der Waals surface area contributed by atoms with Gasteiger partial charge in [0.15, 0.2) is 0 Å². The van der Waals surface area contributed by atoms with Crippen LogP contribution in [0.5, 0.6) is 5.75 Å². The highest BCUT2D eigenvalue weighted by molar-refractivity contribution is 5.98. The number of halogens is 2. The van der Waals surface area contributed by atoms with E-state index in [0.29, 0.717) is 6.61 Å². The molecule has 0 spiro atoms. The van der Waals surface area contributed by atoms with Gasteiger partial charge in [0.2, 0.25) is 5.91 Å². The Labute approximate surface area is 144 Å². The van der Waals surface area contributed by atoms with Gasteiger partial charge in [0.1, 0.15) is 12.4 Å². The van der Waals surface area contributed by atoms with Crippen molar-refractivity contribution < 1.29 is 9.53 Å². The third-order valence-corrected chi connectivity index (χ3v) is 3.62. The van der Waals surface area contributed by atoms with E-state index < -0.39 is 5.54 Å². The number of nitrogens with one attached hydrogen (secondary N) is 1. The van der Waals surface area contributed by atoms with E-state index in [1.54, 1.807) is 0 Å². The Balaban J connectivity index is 0.00000220. The first kappa shape index (κ1) is 21.0. The van der Waals surface area contributed by atoms with E-state index in [1.807, 2.05) is 38.4 Å². The van der Waals surface area contributed by atoms with Crippen LogP contribution in [0.2, 0.25) is 0 Å². The van der Waals surface area contributed by atoms with Crippen LogP contribution in [0, 0.1) is 0 Å². The van der Waals surface area contributed by atoms with Crippen LogP contribution in [-0.2, 0) is 4.79 Å². The van der Waals surface area contributed by atoms with Gasteiger partial charge in [0, 0.05) is 12.2 Å². The van der Waals surface area contributed by atoms with Crippen LogP contribution in [-0.4, -0.2) is 43.6 Å². The van der Waals surface area contributed by atoms with Gasteiger partial charge in [0.05, 0.1) is 5.54 Å². The molecule has 1 aromatic carbocycles. The van der Waals surface area contributed by atoms with Gasteiger partial charge in [-0.3, -0.25) is 4.79 Å². The predicted octanol–water partition coefficient (Wildman–Crippen LogP) is 2.29. The van der Waals surface area contributed by atoms with E-state index in [0.717, 1.165) is 37.2 Å². The van der Waals surface area contributed by atoms with E-state index in [-0.39, 0.29) is 30.7 Å². The molecule has 1 saturated carbocycles. The van der Waals surface area contributed by atoms with Crippen LogP contribution in [0.15, 0.2) is 24.3 Å². The number of rotatable bonds is 6. The maximum atomic E-state index is 12.0. The van der Waals surface area contributed by atoms with Crippen LogP contribution < -0.4 is 15.8 Å². The van der Waals surface area contributed by atoms with Crippen molar-refractivity contribution in [3.63, 3.8) is 0 Å². The lowest BCUT2D eigenvalue weighted by atomic mass is 9.77. The lowest BCUT2D eigenvalue weighted by Crippen LogP contribution is -2.56. The number of amides is 1. The number of anilines is 1. The number of carbonyl (C=O) groups is 1. The molecule has 1 aliphatic carbocycles. The van der Waals surface area contributed by atoms with E-state index in [1.165, 1.54) is 0 Å². The number of likely N-dealkylation sites (N-methyl/N-ethyl adjacent to an activating group) is 1. The van der Waals surface area contributed by atoms with Gasteiger partial charge in [-0.05, 0) is 57.6 Å². The summed E-state index contributed by atoms with van der Waals surface area (Å²) in [7, 11) is 4.01. The molecule has 3 N–H and O–H groups in total. The average Bonchev–Trinajstić information content (AvgIpc) is 2.37. The third kappa shape index (κ3) is 5.65. The fourth-order valence-corrected chi connectivity index (χ4v) is 2.02. The molecule has 1 aromatic rings. The Morgan fingerprint density at radius 2 is 1.86 bits per heavy atom. The van der Waals surface area contributed by atoms with Gasteiger partial charge >= 0.3 is 0 Å². The molecule has 1 aliphatic rings. The van der Waals surface area contributed by atoms with Crippen LogP contribution in [0.4, 0.5) is 5.69 Å². The first-order valence-electron chi connectivity index (χ1n) is 6.97.